The number of halogens is 1. The molecule has 0 heterocycles. The van der Waals surface area contributed by atoms with E-state index in [1.165, 1.54) is 0 Å². The van der Waals surface area contributed by atoms with Crippen LogP contribution in [0.3, 0.4) is 0 Å². The maximum atomic E-state index is 11.5. The summed E-state index contributed by atoms with van der Waals surface area (Å²) in [6, 6.07) is 0. The minimum atomic E-state index is -0.431. The molecular formula is C10H19BrO3. The van der Waals surface area contributed by atoms with Crippen molar-refractivity contribution in [3.05, 3.63) is 0 Å². The maximum Gasteiger partial charge on any atom is 0.320 e. The average Bonchev–Trinajstić information content (AvgIpc) is 2.00. The minimum Gasteiger partial charge on any atom is -0.459 e. The van der Waals surface area contributed by atoms with Crippen LogP contribution in [-0.4, -0.2) is 29.6 Å². The van der Waals surface area contributed by atoms with Crippen LogP contribution in [0.2, 0.25) is 0 Å². The number of carbonyl (C=O) groups is 1. The predicted molar refractivity (Wildman–Crippen MR) is 59.6 cm³/mol. The van der Waals surface area contributed by atoms with E-state index < -0.39 is 5.60 Å². The fraction of sp³-hybridized carbons (Fsp3) is 0.900. The van der Waals surface area contributed by atoms with Gasteiger partial charge in [0.15, 0.2) is 0 Å². The number of rotatable bonds is 4. The number of hydrogen-bond acceptors (Lipinski definition) is 3. The van der Waals surface area contributed by atoms with Gasteiger partial charge in [-0.2, -0.15) is 0 Å². The molecule has 0 saturated carbocycles. The molecule has 0 bridgehead atoms. The molecule has 0 aliphatic heterocycles. The summed E-state index contributed by atoms with van der Waals surface area (Å²) in [5.41, 5.74) is -0.431. The lowest BCUT2D eigenvalue weighted by molar-refractivity contribution is -0.154. The number of ether oxygens (including phenoxy) is 2. The van der Waals surface area contributed by atoms with Gasteiger partial charge in [0.05, 0.1) is 6.10 Å². The van der Waals surface area contributed by atoms with Gasteiger partial charge in [-0.1, -0.05) is 15.9 Å². The second kappa shape index (κ2) is 5.71. The van der Waals surface area contributed by atoms with Crippen LogP contribution in [0.15, 0.2) is 0 Å². The summed E-state index contributed by atoms with van der Waals surface area (Å²) < 4.78 is 10.3. The molecule has 0 N–H and O–H groups in total. The fourth-order valence-corrected chi connectivity index (χ4v) is 1.47. The lowest BCUT2D eigenvalue weighted by atomic mass is 10.2. The molecule has 0 spiro atoms. The first kappa shape index (κ1) is 13.9. The third-order valence-corrected chi connectivity index (χ3v) is 2.35. The summed E-state index contributed by atoms with van der Waals surface area (Å²) in [6.07, 6.45) is 0.665. The minimum absolute atomic E-state index is 0.0480. The lowest BCUT2D eigenvalue weighted by Crippen LogP contribution is -2.30. The maximum absolute atomic E-state index is 11.5. The third-order valence-electron chi connectivity index (χ3n) is 1.60. The first-order valence-electron chi connectivity index (χ1n) is 4.66. The summed E-state index contributed by atoms with van der Waals surface area (Å²) in [6.45, 7) is 7.47. The van der Waals surface area contributed by atoms with E-state index in [-0.39, 0.29) is 16.9 Å². The van der Waals surface area contributed by atoms with Crippen molar-refractivity contribution in [1.29, 1.82) is 0 Å². The number of hydrogen-bond donors (Lipinski definition) is 0. The molecule has 0 saturated heterocycles. The molecule has 0 unspecified atom stereocenters. The molecule has 14 heavy (non-hydrogen) atoms. The van der Waals surface area contributed by atoms with Crippen LogP contribution in [0, 0.1) is 0 Å². The van der Waals surface area contributed by atoms with E-state index in [2.05, 4.69) is 15.9 Å². The molecule has 0 amide bonds. The van der Waals surface area contributed by atoms with Crippen LogP contribution in [0.25, 0.3) is 0 Å². The normalized spacial score (nSPS) is 16.1. The molecule has 0 aliphatic carbocycles. The Morgan fingerprint density at radius 2 is 1.93 bits per heavy atom. The Labute approximate surface area is 94.3 Å². The lowest BCUT2D eigenvalue weighted by Gasteiger charge is -2.22. The van der Waals surface area contributed by atoms with Gasteiger partial charge in [0, 0.05) is 7.11 Å². The Morgan fingerprint density at radius 1 is 1.43 bits per heavy atom. The largest absolute Gasteiger partial charge is 0.459 e. The molecule has 0 aromatic carbocycles. The van der Waals surface area contributed by atoms with Crippen molar-refractivity contribution in [3.8, 4) is 0 Å². The molecular weight excluding hydrogens is 248 g/mol. The van der Waals surface area contributed by atoms with Crippen molar-refractivity contribution in [2.24, 2.45) is 0 Å². The van der Waals surface area contributed by atoms with Crippen molar-refractivity contribution in [2.45, 2.75) is 50.6 Å². The number of methoxy groups -OCH3 is 1. The van der Waals surface area contributed by atoms with Gasteiger partial charge in [0.2, 0.25) is 0 Å². The summed E-state index contributed by atoms with van der Waals surface area (Å²) >= 11 is 3.28. The van der Waals surface area contributed by atoms with E-state index in [1.807, 2.05) is 27.7 Å². The van der Waals surface area contributed by atoms with E-state index in [4.69, 9.17) is 9.47 Å². The Bertz CT molecular complexity index is 186. The summed E-state index contributed by atoms with van der Waals surface area (Å²) in [7, 11) is 1.62. The number of esters is 1. The Hall–Kier alpha value is -0.0900. The summed E-state index contributed by atoms with van der Waals surface area (Å²) in [5, 5.41) is 0. The van der Waals surface area contributed by atoms with Gasteiger partial charge in [-0.15, -0.1) is 0 Å². The smallest absolute Gasteiger partial charge is 0.320 e. The van der Waals surface area contributed by atoms with Gasteiger partial charge in [-0.05, 0) is 34.1 Å². The van der Waals surface area contributed by atoms with Crippen molar-refractivity contribution in [3.63, 3.8) is 0 Å². The average molecular weight is 267 g/mol. The fourth-order valence-electron chi connectivity index (χ4n) is 0.850. The second-order valence-electron chi connectivity index (χ2n) is 4.28. The highest BCUT2D eigenvalue weighted by Gasteiger charge is 2.24. The summed E-state index contributed by atoms with van der Waals surface area (Å²) in [5.74, 6) is -0.235. The topological polar surface area (TPSA) is 35.5 Å². The molecule has 84 valence electrons. The molecule has 0 aromatic rings. The van der Waals surface area contributed by atoms with E-state index in [0.29, 0.717) is 6.42 Å². The van der Waals surface area contributed by atoms with Crippen LogP contribution in [-0.2, 0) is 14.3 Å². The first-order chi connectivity index (χ1) is 6.26. The highest BCUT2D eigenvalue weighted by atomic mass is 79.9. The van der Waals surface area contributed by atoms with E-state index >= 15 is 0 Å². The van der Waals surface area contributed by atoms with Gasteiger partial charge >= 0.3 is 5.97 Å². The van der Waals surface area contributed by atoms with Crippen LogP contribution in [0.4, 0.5) is 0 Å². The van der Waals surface area contributed by atoms with Crippen LogP contribution in [0.1, 0.15) is 34.1 Å². The van der Waals surface area contributed by atoms with Crippen LogP contribution < -0.4 is 0 Å². The second-order valence-corrected chi connectivity index (χ2v) is 5.39. The van der Waals surface area contributed by atoms with E-state index in [9.17, 15) is 4.79 Å². The van der Waals surface area contributed by atoms with Crippen LogP contribution >= 0.6 is 15.9 Å². The Kier molecular flexibility index (Phi) is 5.67. The molecule has 2 atom stereocenters. The molecule has 0 aliphatic rings. The van der Waals surface area contributed by atoms with Crippen LogP contribution in [0.5, 0.6) is 0 Å². The molecule has 3 nitrogen and oxygen atoms in total. The quantitative estimate of drug-likeness (QED) is 0.580. The number of carbonyl (C=O) groups excluding carboxylic acids is 1. The van der Waals surface area contributed by atoms with Gasteiger partial charge in [0.1, 0.15) is 10.4 Å². The number of alkyl halides is 1. The van der Waals surface area contributed by atoms with Gasteiger partial charge in [-0.3, -0.25) is 4.79 Å². The van der Waals surface area contributed by atoms with E-state index in [0.717, 1.165) is 0 Å². The molecule has 0 fully saturated rings. The predicted octanol–water partition coefficient (Wildman–Crippen LogP) is 2.52. The zero-order valence-corrected chi connectivity index (χ0v) is 11.1. The summed E-state index contributed by atoms with van der Waals surface area (Å²) in [4.78, 5) is 11.2. The zero-order chi connectivity index (χ0) is 11.4. The van der Waals surface area contributed by atoms with Crippen molar-refractivity contribution in [1.82, 2.24) is 0 Å². The molecule has 0 aromatic heterocycles. The monoisotopic (exact) mass is 266 g/mol. The van der Waals surface area contributed by atoms with Gasteiger partial charge in [-0.25, -0.2) is 0 Å². The molecule has 0 radical (unpaired) electrons. The standard InChI is InChI=1S/C10H19BrO3/c1-7(13-5)6-8(11)9(12)14-10(2,3)4/h7-8H,6H2,1-5H3/t7-,8-/m0/s1. The highest BCUT2D eigenvalue weighted by Crippen LogP contribution is 2.16. The van der Waals surface area contributed by atoms with Gasteiger partial charge < -0.3 is 9.47 Å². The van der Waals surface area contributed by atoms with E-state index in [1.54, 1.807) is 7.11 Å². The SMILES string of the molecule is CO[C@@H](C)C[C@H](Br)C(=O)OC(C)(C)C. The molecule has 4 heteroatoms. The van der Waals surface area contributed by atoms with Gasteiger partial charge in [0.25, 0.3) is 0 Å². The Morgan fingerprint density at radius 3 is 2.29 bits per heavy atom. The Balaban J connectivity index is 4.00. The van der Waals surface area contributed by atoms with Crippen molar-refractivity contribution < 1.29 is 14.3 Å². The third kappa shape index (κ3) is 6.38. The van der Waals surface area contributed by atoms with Crippen molar-refractivity contribution >= 4 is 21.9 Å². The first-order valence-corrected chi connectivity index (χ1v) is 5.57. The zero-order valence-electron chi connectivity index (χ0n) is 9.46. The molecule has 0 rings (SSSR count). The highest BCUT2D eigenvalue weighted by molar-refractivity contribution is 9.10. The van der Waals surface area contributed by atoms with Crippen molar-refractivity contribution in [2.75, 3.05) is 7.11 Å².